The second-order valence-electron chi connectivity index (χ2n) is 5.32. The SMILES string of the molecule is CCc1cc(Br)ccc1NCc1ccc(OC(C)C)cc1. The largest absolute Gasteiger partial charge is 0.491 e. The van der Waals surface area contributed by atoms with Crippen LogP contribution < -0.4 is 10.1 Å². The second-order valence-corrected chi connectivity index (χ2v) is 6.23. The van der Waals surface area contributed by atoms with Crippen LogP contribution in [0, 0.1) is 0 Å². The molecule has 0 saturated carbocycles. The first-order chi connectivity index (χ1) is 10.1. The van der Waals surface area contributed by atoms with E-state index in [4.69, 9.17) is 4.74 Å². The molecule has 0 aliphatic carbocycles. The first-order valence-electron chi connectivity index (χ1n) is 7.36. The van der Waals surface area contributed by atoms with Crippen molar-refractivity contribution in [1.29, 1.82) is 0 Å². The molecule has 0 aromatic heterocycles. The third kappa shape index (κ3) is 4.78. The van der Waals surface area contributed by atoms with Gasteiger partial charge in [0.2, 0.25) is 0 Å². The minimum atomic E-state index is 0.212. The Kier molecular flexibility index (Phi) is 5.68. The number of benzene rings is 2. The Hall–Kier alpha value is -1.48. The maximum absolute atomic E-state index is 5.66. The molecular weight excluding hydrogens is 326 g/mol. The van der Waals surface area contributed by atoms with E-state index in [9.17, 15) is 0 Å². The molecule has 0 atom stereocenters. The smallest absolute Gasteiger partial charge is 0.119 e. The summed E-state index contributed by atoms with van der Waals surface area (Å²) in [6.45, 7) is 7.06. The van der Waals surface area contributed by atoms with Crippen molar-refractivity contribution < 1.29 is 4.74 Å². The fourth-order valence-corrected chi connectivity index (χ4v) is 2.59. The van der Waals surface area contributed by atoms with Crippen molar-refractivity contribution in [2.45, 2.75) is 39.8 Å². The summed E-state index contributed by atoms with van der Waals surface area (Å²) < 4.78 is 6.78. The lowest BCUT2D eigenvalue weighted by Crippen LogP contribution is -2.06. The van der Waals surface area contributed by atoms with Crippen molar-refractivity contribution >= 4 is 21.6 Å². The first-order valence-corrected chi connectivity index (χ1v) is 8.15. The first kappa shape index (κ1) is 15.9. The lowest BCUT2D eigenvalue weighted by atomic mass is 10.1. The van der Waals surface area contributed by atoms with Crippen LogP contribution in [0.25, 0.3) is 0 Å². The van der Waals surface area contributed by atoms with Gasteiger partial charge in [0.05, 0.1) is 6.10 Å². The molecule has 0 aliphatic rings. The molecule has 0 fully saturated rings. The molecule has 2 aromatic rings. The number of nitrogens with one attached hydrogen (secondary N) is 1. The number of halogens is 1. The van der Waals surface area contributed by atoms with Crippen LogP contribution in [0.5, 0.6) is 5.75 Å². The molecule has 0 radical (unpaired) electrons. The number of hydrogen-bond acceptors (Lipinski definition) is 2. The van der Waals surface area contributed by atoms with Crippen LogP contribution in [0.2, 0.25) is 0 Å². The van der Waals surface area contributed by atoms with Gasteiger partial charge in [0.1, 0.15) is 5.75 Å². The highest BCUT2D eigenvalue weighted by atomic mass is 79.9. The quantitative estimate of drug-likeness (QED) is 0.754. The van der Waals surface area contributed by atoms with Crippen LogP contribution in [-0.2, 0) is 13.0 Å². The Morgan fingerprint density at radius 1 is 1.10 bits per heavy atom. The van der Waals surface area contributed by atoms with E-state index < -0.39 is 0 Å². The van der Waals surface area contributed by atoms with Crippen molar-refractivity contribution in [3.05, 3.63) is 58.1 Å². The molecule has 2 aromatic carbocycles. The summed E-state index contributed by atoms with van der Waals surface area (Å²) in [6.07, 6.45) is 1.23. The van der Waals surface area contributed by atoms with Crippen molar-refractivity contribution in [1.82, 2.24) is 0 Å². The predicted octanol–water partition coefficient (Wildman–Crippen LogP) is 5.41. The van der Waals surface area contributed by atoms with Crippen LogP contribution in [0.4, 0.5) is 5.69 Å². The molecule has 112 valence electrons. The summed E-state index contributed by atoms with van der Waals surface area (Å²) >= 11 is 3.52. The molecule has 2 rings (SSSR count). The van der Waals surface area contributed by atoms with Gasteiger partial charge >= 0.3 is 0 Å². The summed E-state index contributed by atoms with van der Waals surface area (Å²) in [5.74, 6) is 0.923. The Balaban J connectivity index is 2.00. The number of ether oxygens (including phenoxy) is 1. The summed E-state index contributed by atoms with van der Waals surface area (Å²) in [7, 11) is 0. The molecule has 0 amide bonds. The maximum Gasteiger partial charge on any atom is 0.119 e. The fourth-order valence-electron chi connectivity index (χ4n) is 2.18. The number of rotatable bonds is 6. The Morgan fingerprint density at radius 2 is 1.81 bits per heavy atom. The molecule has 0 unspecified atom stereocenters. The van der Waals surface area contributed by atoms with E-state index in [2.05, 4.69) is 58.5 Å². The van der Waals surface area contributed by atoms with Gasteiger partial charge < -0.3 is 10.1 Å². The third-order valence-electron chi connectivity index (χ3n) is 3.23. The highest BCUT2D eigenvalue weighted by Crippen LogP contribution is 2.22. The van der Waals surface area contributed by atoms with Crippen LogP contribution in [-0.4, -0.2) is 6.10 Å². The van der Waals surface area contributed by atoms with Gasteiger partial charge in [0.25, 0.3) is 0 Å². The molecular formula is C18H22BrNO. The maximum atomic E-state index is 5.66. The highest BCUT2D eigenvalue weighted by molar-refractivity contribution is 9.10. The molecule has 1 N–H and O–H groups in total. The third-order valence-corrected chi connectivity index (χ3v) is 3.72. The van der Waals surface area contributed by atoms with E-state index in [1.165, 1.54) is 16.8 Å². The lowest BCUT2D eigenvalue weighted by Gasteiger charge is -2.13. The molecule has 0 bridgehead atoms. The van der Waals surface area contributed by atoms with Gasteiger partial charge in [-0.25, -0.2) is 0 Å². The molecule has 0 saturated heterocycles. The Labute approximate surface area is 135 Å². The molecule has 2 nitrogen and oxygen atoms in total. The summed E-state index contributed by atoms with van der Waals surface area (Å²) in [6, 6.07) is 14.6. The van der Waals surface area contributed by atoms with Gasteiger partial charge in [0, 0.05) is 16.7 Å². The van der Waals surface area contributed by atoms with Gasteiger partial charge in [-0.3, -0.25) is 0 Å². The van der Waals surface area contributed by atoms with Gasteiger partial charge in [-0.05, 0) is 61.7 Å². The van der Waals surface area contributed by atoms with Crippen LogP contribution >= 0.6 is 15.9 Å². The van der Waals surface area contributed by atoms with Crippen molar-refractivity contribution in [2.24, 2.45) is 0 Å². The zero-order valence-electron chi connectivity index (χ0n) is 12.8. The van der Waals surface area contributed by atoms with Gasteiger partial charge in [-0.1, -0.05) is 35.0 Å². The second kappa shape index (κ2) is 7.51. The molecule has 0 heterocycles. The van der Waals surface area contributed by atoms with Crippen LogP contribution in [0.1, 0.15) is 31.9 Å². The van der Waals surface area contributed by atoms with Crippen molar-refractivity contribution in [3.8, 4) is 5.75 Å². The summed E-state index contributed by atoms with van der Waals surface area (Å²) in [4.78, 5) is 0. The van der Waals surface area contributed by atoms with E-state index in [0.29, 0.717) is 0 Å². The minimum Gasteiger partial charge on any atom is -0.491 e. The van der Waals surface area contributed by atoms with E-state index in [1.807, 2.05) is 26.0 Å². The van der Waals surface area contributed by atoms with Gasteiger partial charge in [-0.15, -0.1) is 0 Å². The standard InChI is InChI=1S/C18H22BrNO/c1-4-15-11-16(19)7-10-18(15)20-12-14-5-8-17(9-6-14)21-13(2)3/h5-11,13,20H,4,12H2,1-3H3. The number of anilines is 1. The van der Waals surface area contributed by atoms with E-state index >= 15 is 0 Å². The molecule has 3 heteroatoms. The van der Waals surface area contributed by atoms with Crippen LogP contribution in [0.15, 0.2) is 46.9 Å². The van der Waals surface area contributed by atoms with Crippen molar-refractivity contribution in [2.75, 3.05) is 5.32 Å². The fraction of sp³-hybridized carbons (Fsp3) is 0.333. The Morgan fingerprint density at radius 3 is 2.43 bits per heavy atom. The summed E-state index contributed by atoms with van der Waals surface area (Å²) in [5, 5.41) is 3.51. The van der Waals surface area contributed by atoms with Gasteiger partial charge in [-0.2, -0.15) is 0 Å². The van der Waals surface area contributed by atoms with Gasteiger partial charge in [0.15, 0.2) is 0 Å². The number of aryl methyl sites for hydroxylation is 1. The summed E-state index contributed by atoms with van der Waals surface area (Å²) in [5.41, 5.74) is 3.77. The van der Waals surface area contributed by atoms with E-state index in [0.717, 1.165) is 23.2 Å². The Bertz CT molecular complexity index is 578. The van der Waals surface area contributed by atoms with E-state index in [1.54, 1.807) is 0 Å². The van der Waals surface area contributed by atoms with E-state index in [-0.39, 0.29) is 6.10 Å². The molecule has 0 spiro atoms. The molecule has 21 heavy (non-hydrogen) atoms. The topological polar surface area (TPSA) is 21.3 Å². The van der Waals surface area contributed by atoms with Crippen molar-refractivity contribution in [3.63, 3.8) is 0 Å². The monoisotopic (exact) mass is 347 g/mol. The average Bonchev–Trinajstić information content (AvgIpc) is 2.46. The van der Waals surface area contributed by atoms with Crippen LogP contribution in [0.3, 0.4) is 0 Å². The zero-order chi connectivity index (χ0) is 15.2. The lowest BCUT2D eigenvalue weighted by molar-refractivity contribution is 0.242. The number of hydrogen-bond donors (Lipinski definition) is 1. The molecule has 0 aliphatic heterocycles. The average molecular weight is 348 g/mol. The minimum absolute atomic E-state index is 0.212. The highest BCUT2D eigenvalue weighted by Gasteiger charge is 2.02. The normalized spacial score (nSPS) is 10.7. The predicted molar refractivity (Wildman–Crippen MR) is 93.1 cm³/mol. The zero-order valence-corrected chi connectivity index (χ0v) is 14.4.